The predicted molar refractivity (Wildman–Crippen MR) is 101 cm³/mol. The number of methoxy groups -OCH3 is 1. The second-order valence-corrected chi connectivity index (χ2v) is 8.19. The summed E-state index contributed by atoms with van der Waals surface area (Å²) >= 11 is 11.7. The number of sulfone groups is 1. The van der Waals surface area contributed by atoms with Crippen LogP contribution in [0.1, 0.15) is 10.5 Å². The minimum Gasteiger partial charge on any atom is -0.497 e. The summed E-state index contributed by atoms with van der Waals surface area (Å²) in [5.74, 6) is -0.309. The van der Waals surface area contributed by atoms with E-state index in [-0.39, 0.29) is 31.9 Å². The van der Waals surface area contributed by atoms with E-state index in [1.165, 1.54) is 55.8 Å². The molecule has 2 aromatic carbocycles. The zero-order chi connectivity index (χ0) is 19.6. The molecule has 0 saturated heterocycles. The summed E-state index contributed by atoms with van der Waals surface area (Å²) in [7, 11) is -2.45. The third-order valence-corrected chi connectivity index (χ3v) is 5.92. The van der Waals surface area contributed by atoms with Crippen molar-refractivity contribution in [2.45, 2.75) is 9.79 Å². The van der Waals surface area contributed by atoms with Crippen LogP contribution < -0.4 is 10.1 Å². The maximum absolute atomic E-state index is 12.9. The number of nitrogens with one attached hydrogen (secondary N) is 2. The first-order valence-electron chi connectivity index (χ1n) is 7.51. The van der Waals surface area contributed by atoms with E-state index in [9.17, 15) is 13.2 Å². The quantitative estimate of drug-likeness (QED) is 0.646. The highest BCUT2D eigenvalue weighted by molar-refractivity contribution is 7.91. The molecule has 140 valence electrons. The molecule has 1 heterocycles. The molecule has 0 fully saturated rings. The minimum absolute atomic E-state index is 0.0461. The predicted octanol–water partition coefficient (Wildman–Crippen LogP) is 3.81. The van der Waals surface area contributed by atoms with E-state index in [4.69, 9.17) is 27.9 Å². The standard InChI is InChI=1S/C17H13Cl2N3O4S/c1-26-12-6-11(21-17(23)16-15(19)9-20-22-16)7-14(8-12)27(24,25)13-4-2-10(18)3-5-13/h2-9H,1H3,(H,20,22)(H,21,23). The van der Waals surface area contributed by atoms with Gasteiger partial charge in [0.25, 0.3) is 5.91 Å². The summed E-state index contributed by atoms with van der Waals surface area (Å²) in [6.07, 6.45) is 1.29. The highest BCUT2D eigenvalue weighted by Gasteiger charge is 2.21. The van der Waals surface area contributed by atoms with Crippen LogP contribution in [0.15, 0.2) is 58.5 Å². The molecule has 10 heteroatoms. The smallest absolute Gasteiger partial charge is 0.275 e. The molecule has 0 aliphatic heterocycles. The first-order valence-corrected chi connectivity index (χ1v) is 9.75. The van der Waals surface area contributed by atoms with E-state index in [1.54, 1.807) is 0 Å². The van der Waals surface area contributed by atoms with E-state index in [0.29, 0.717) is 5.02 Å². The zero-order valence-corrected chi connectivity index (χ0v) is 16.2. The van der Waals surface area contributed by atoms with Crippen molar-refractivity contribution in [1.29, 1.82) is 0 Å². The fourth-order valence-electron chi connectivity index (χ4n) is 2.29. The van der Waals surface area contributed by atoms with E-state index in [1.807, 2.05) is 0 Å². The van der Waals surface area contributed by atoms with Gasteiger partial charge in [0, 0.05) is 16.8 Å². The average molecular weight is 426 g/mol. The van der Waals surface area contributed by atoms with Gasteiger partial charge in [0.05, 0.1) is 28.1 Å². The Hall–Kier alpha value is -2.55. The summed E-state index contributed by atoms with van der Waals surface area (Å²) < 4.78 is 30.9. The van der Waals surface area contributed by atoms with Crippen molar-refractivity contribution >= 4 is 44.6 Å². The van der Waals surface area contributed by atoms with Crippen LogP contribution in [0.3, 0.4) is 0 Å². The molecule has 27 heavy (non-hydrogen) atoms. The Bertz CT molecular complexity index is 1100. The number of amides is 1. The number of hydrogen-bond acceptors (Lipinski definition) is 5. The highest BCUT2D eigenvalue weighted by atomic mass is 35.5. The van der Waals surface area contributed by atoms with Crippen molar-refractivity contribution < 1.29 is 17.9 Å². The molecule has 3 aromatic rings. The molecular formula is C17H13Cl2N3O4S. The Morgan fingerprint density at radius 1 is 1.11 bits per heavy atom. The van der Waals surface area contributed by atoms with E-state index >= 15 is 0 Å². The number of H-pyrrole nitrogens is 1. The molecule has 1 amide bonds. The second kappa shape index (κ2) is 7.59. The van der Waals surface area contributed by atoms with Gasteiger partial charge in [-0.05, 0) is 36.4 Å². The topological polar surface area (TPSA) is 101 Å². The van der Waals surface area contributed by atoms with E-state index < -0.39 is 15.7 Å². The van der Waals surface area contributed by atoms with Gasteiger partial charge in [-0.3, -0.25) is 9.89 Å². The summed E-state index contributed by atoms with van der Waals surface area (Å²) in [6.45, 7) is 0. The number of hydrogen-bond donors (Lipinski definition) is 2. The van der Waals surface area contributed by atoms with Crippen molar-refractivity contribution in [2.75, 3.05) is 12.4 Å². The van der Waals surface area contributed by atoms with Crippen molar-refractivity contribution in [2.24, 2.45) is 0 Å². The van der Waals surface area contributed by atoms with Gasteiger partial charge in [-0.1, -0.05) is 23.2 Å². The van der Waals surface area contributed by atoms with E-state index in [0.717, 1.165) is 0 Å². The average Bonchev–Trinajstić information content (AvgIpc) is 3.08. The second-order valence-electron chi connectivity index (χ2n) is 5.40. The molecule has 0 aliphatic carbocycles. The fraction of sp³-hybridized carbons (Fsp3) is 0.0588. The highest BCUT2D eigenvalue weighted by Crippen LogP contribution is 2.29. The largest absolute Gasteiger partial charge is 0.497 e. The number of anilines is 1. The van der Waals surface area contributed by atoms with Gasteiger partial charge in [-0.25, -0.2) is 8.42 Å². The minimum atomic E-state index is -3.84. The van der Waals surface area contributed by atoms with Gasteiger partial charge in [0.1, 0.15) is 11.4 Å². The number of carbonyl (C=O) groups excluding carboxylic acids is 1. The molecule has 1 aromatic heterocycles. The summed E-state index contributed by atoms with van der Waals surface area (Å²) in [5.41, 5.74) is 0.277. The number of aromatic nitrogens is 2. The number of aromatic amines is 1. The molecule has 2 N–H and O–H groups in total. The summed E-state index contributed by atoms with van der Waals surface area (Å²) in [5, 5.41) is 9.28. The van der Waals surface area contributed by atoms with Gasteiger partial charge >= 0.3 is 0 Å². The molecule has 0 radical (unpaired) electrons. The lowest BCUT2D eigenvalue weighted by Gasteiger charge is -2.11. The van der Waals surface area contributed by atoms with Crippen molar-refractivity contribution in [3.05, 3.63) is 64.4 Å². The molecule has 0 aliphatic rings. The Balaban J connectivity index is 1.99. The van der Waals surface area contributed by atoms with Gasteiger partial charge in [0.2, 0.25) is 9.84 Å². The fourth-order valence-corrected chi connectivity index (χ4v) is 3.91. The lowest BCUT2D eigenvalue weighted by molar-refractivity contribution is 0.102. The molecule has 0 spiro atoms. The Morgan fingerprint density at radius 3 is 2.41 bits per heavy atom. The zero-order valence-electron chi connectivity index (χ0n) is 13.9. The summed E-state index contributed by atoms with van der Waals surface area (Å²) in [6, 6.07) is 9.95. The molecule has 0 saturated carbocycles. The third kappa shape index (κ3) is 4.08. The van der Waals surface area contributed by atoms with Gasteiger partial charge in [-0.2, -0.15) is 5.10 Å². The normalized spacial score (nSPS) is 11.2. The van der Waals surface area contributed by atoms with Crippen LogP contribution >= 0.6 is 23.2 Å². The molecule has 0 unspecified atom stereocenters. The first-order chi connectivity index (χ1) is 12.8. The van der Waals surface area contributed by atoms with Crippen LogP contribution in [0.5, 0.6) is 5.75 Å². The van der Waals surface area contributed by atoms with Crippen LogP contribution in [-0.4, -0.2) is 31.6 Å². The van der Waals surface area contributed by atoms with Crippen LogP contribution in [0.4, 0.5) is 5.69 Å². The maximum Gasteiger partial charge on any atom is 0.275 e. The van der Waals surface area contributed by atoms with Gasteiger partial charge < -0.3 is 10.1 Å². The summed E-state index contributed by atoms with van der Waals surface area (Å²) in [4.78, 5) is 12.3. The molecular weight excluding hydrogens is 413 g/mol. The van der Waals surface area contributed by atoms with Crippen LogP contribution in [0.25, 0.3) is 0 Å². The lowest BCUT2D eigenvalue weighted by atomic mass is 10.3. The van der Waals surface area contributed by atoms with E-state index in [2.05, 4.69) is 15.5 Å². The number of carbonyl (C=O) groups is 1. The maximum atomic E-state index is 12.9. The molecule has 3 rings (SSSR count). The van der Waals surface area contributed by atoms with Crippen molar-refractivity contribution in [3.63, 3.8) is 0 Å². The van der Waals surface area contributed by atoms with Crippen molar-refractivity contribution in [1.82, 2.24) is 10.2 Å². The van der Waals surface area contributed by atoms with Crippen LogP contribution in [0, 0.1) is 0 Å². The number of benzene rings is 2. The number of rotatable bonds is 5. The Labute approximate surface area is 165 Å². The first kappa shape index (κ1) is 19.2. The van der Waals surface area contributed by atoms with Gasteiger partial charge in [-0.15, -0.1) is 0 Å². The third-order valence-electron chi connectivity index (χ3n) is 3.63. The van der Waals surface area contributed by atoms with Crippen molar-refractivity contribution in [3.8, 4) is 5.75 Å². The van der Waals surface area contributed by atoms with Gasteiger partial charge in [0.15, 0.2) is 0 Å². The molecule has 7 nitrogen and oxygen atoms in total. The number of halogens is 2. The Kier molecular flexibility index (Phi) is 5.41. The molecule has 0 bridgehead atoms. The number of nitrogens with zero attached hydrogens (tertiary/aromatic N) is 1. The Morgan fingerprint density at radius 2 is 1.81 bits per heavy atom. The van der Waals surface area contributed by atoms with Crippen LogP contribution in [-0.2, 0) is 9.84 Å². The molecule has 0 atom stereocenters. The van der Waals surface area contributed by atoms with Crippen LogP contribution in [0.2, 0.25) is 10.0 Å². The monoisotopic (exact) mass is 425 g/mol. The lowest BCUT2D eigenvalue weighted by Crippen LogP contribution is -2.13. The SMILES string of the molecule is COc1cc(NC(=O)c2[nH]ncc2Cl)cc(S(=O)(=O)c2ccc(Cl)cc2)c1. The number of ether oxygens (including phenoxy) is 1.